The maximum atomic E-state index is 12.0. The highest BCUT2D eigenvalue weighted by molar-refractivity contribution is 6.18. The quantitative estimate of drug-likeness (QED) is 0.481. The molecular weight excluding hydrogens is 364 g/mol. The molecule has 1 saturated heterocycles. The van der Waals surface area contributed by atoms with Gasteiger partial charge in [0.1, 0.15) is 17.1 Å². The van der Waals surface area contributed by atoms with Crippen molar-refractivity contribution >= 4 is 29.7 Å². The van der Waals surface area contributed by atoms with Crippen LogP contribution in [0.5, 0.6) is 5.75 Å². The van der Waals surface area contributed by atoms with Crippen molar-refractivity contribution in [2.24, 2.45) is 0 Å². The number of nitrogens with zero attached hydrogens (tertiary/aromatic N) is 1. The van der Waals surface area contributed by atoms with Gasteiger partial charge in [0.05, 0.1) is 0 Å². The summed E-state index contributed by atoms with van der Waals surface area (Å²) in [5.41, 5.74) is 0.386. The minimum Gasteiger partial charge on any atom is -0.484 e. The van der Waals surface area contributed by atoms with Crippen LogP contribution in [0.1, 0.15) is 19.4 Å². The van der Waals surface area contributed by atoms with Gasteiger partial charge in [0.15, 0.2) is 6.61 Å². The Morgan fingerprint density at radius 2 is 1.79 bits per heavy atom. The molecule has 1 fully saturated rings. The van der Waals surface area contributed by atoms with Crippen LogP contribution in [-0.4, -0.2) is 35.2 Å². The molecule has 0 saturated carbocycles. The van der Waals surface area contributed by atoms with Gasteiger partial charge in [0, 0.05) is 20.0 Å². The van der Waals surface area contributed by atoms with Gasteiger partial charge < -0.3 is 19.5 Å². The van der Waals surface area contributed by atoms with Crippen molar-refractivity contribution in [3.8, 4) is 5.75 Å². The summed E-state index contributed by atoms with van der Waals surface area (Å²) in [5, 5.41) is 2.61. The van der Waals surface area contributed by atoms with Crippen molar-refractivity contribution in [1.82, 2.24) is 4.98 Å². The van der Waals surface area contributed by atoms with Crippen LogP contribution in [0.25, 0.3) is 6.08 Å². The number of hydrogen-bond donors (Lipinski definition) is 1. The minimum absolute atomic E-state index is 0.190. The van der Waals surface area contributed by atoms with Crippen molar-refractivity contribution in [1.29, 1.82) is 0 Å². The van der Waals surface area contributed by atoms with Crippen LogP contribution >= 0.6 is 0 Å². The molecule has 0 radical (unpaired) electrons. The summed E-state index contributed by atoms with van der Waals surface area (Å²) in [6.45, 7) is 2.77. The number of rotatable bonds is 5. The zero-order valence-electron chi connectivity index (χ0n) is 15.3. The molecule has 1 aliphatic heterocycles. The fourth-order valence-electron chi connectivity index (χ4n) is 2.37. The number of ether oxygens (including phenoxy) is 3. The zero-order chi connectivity index (χ0) is 20.1. The topological polar surface area (TPSA) is 104 Å². The maximum Gasteiger partial charge on any atom is 0.348 e. The van der Waals surface area contributed by atoms with E-state index in [0.29, 0.717) is 17.1 Å². The minimum atomic E-state index is -1.28. The Bertz CT molecular complexity index is 897. The number of carbonyl (C=O) groups is 3. The van der Waals surface area contributed by atoms with Gasteiger partial charge in [0.25, 0.3) is 11.7 Å². The number of aromatic nitrogens is 1. The molecule has 1 aromatic carbocycles. The van der Waals surface area contributed by atoms with E-state index in [2.05, 4.69) is 10.3 Å². The molecular formula is C20H18N2O6. The highest BCUT2D eigenvalue weighted by Gasteiger charge is 2.38. The standard InChI is InChI=1S/C20H18N2O6/c1-20(2)27-18(24)15(19(25)28-20)11-13-6-8-14(9-7-13)26-12-17(23)22-16-5-3-4-10-21-16/h3-11H,12H2,1-2H3,(H,21,22,23). The molecule has 0 unspecified atom stereocenters. The Morgan fingerprint density at radius 1 is 1.11 bits per heavy atom. The van der Waals surface area contributed by atoms with Crippen molar-refractivity contribution in [2.75, 3.05) is 11.9 Å². The van der Waals surface area contributed by atoms with Crippen LogP contribution in [-0.2, 0) is 23.9 Å². The third-order valence-corrected chi connectivity index (χ3v) is 3.61. The lowest BCUT2D eigenvalue weighted by atomic mass is 10.1. The highest BCUT2D eigenvalue weighted by Crippen LogP contribution is 2.24. The Labute approximate surface area is 161 Å². The average molecular weight is 382 g/mol. The third-order valence-electron chi connectivity index (χ3n) is 3.61. The van der Waals surface area contributed by atoms with Gasteiger partial charge in [-0.2, -0.15) is 0 Å². The molecule has 1 aliphatic rings. The molecule has 2 heterocycles. The molecule has 3 rings (SSSR count). The number of carbonyl (C=O) groups excluding carboxylic acids is 3. The molecule has 0 bridgehead atoms. The normalized spacial score (nSPS) is 15.3. The lowest BCUT2D eigenvalue weighted by Gasteiger charge is -2.29. The van der Waals surface area contributed by atoms with E-state index in [-0.39, 0.29) is 18.1 Å². The van der Waals surface area contributed by atoms with E-state index in [4.69, 9.17) is 14.2 Å². The van der Waals surface area contributed by atoms with Gasteiger partial charge in [-0.05, 0) is 35.9 Å². The number of hydrogen-bond acceptors (Lipinski definition) is 7. The summed E-state index contributed by atoms with van der Waals surface area (Å²) >= 11 is 0. The predicted octanol–water partition coefficient (Wildman–Crippen LogP) is 2.32. The number of cyclic esters (lactones) is 2. The summed E-state index contributed by atoms with van der Waals surface area (Å²) in [6.07, 6.45) is 2.94. The molecule has 0 aliphatic carbocycles. The highest BCUT2D eigenvalue weighted by atomic mass is 16.7. The smallest absolute Gasteiger partial charge is 0.348 e. The summed E-state index contributed by atoms with van der Waals surface area (Å²) in [7, 11) is 0. The van der Waals surface area contributed by atoms with Gasteiger partial charge >= 0.3 is 11.9 Å². The Balaban J connectivity index is 1.58. The molecule has 0 spiro atoms. The first-order valence-electron chi connectivity index (χ1n) is 8.44. The van der Waals surface area contributed by atoms with Gasteiger partial charge in [0.2, 0.25) is 0 Å². The number of pyridine rings is 1. The van der Waals surface area contributed by atoms with Crippen molar-refractivity contribution in [2.45, 2.75) is 19.6 Å². The zero-order valence-corrected chi connectivity index (χ0v) is 15.3. The van der Waals surface area contributed by atoms with Gasteiger partial charge in [-0.15, -0.1) is 0 Å². The van der Waals surface area contributed by atoms with Crippen LogP contribution < -0.4 is 10.1 Å². The molecule has 1 aromatic heterocycles. The Morgan fingerprint density at radius 3 is 2.39 bits per heavy atom. The molecule has 8 nitrogen and oxygen atoms in total. The van der Waals surface area contributed by atoms with Crippen LogP contribution in [0.4, 0.5) is 5.82 Å². The lowest BCUT2D eigenvalue weighted by Crippen LogP contribution is -2.41. The van der Waals surface area contributed by atoms with E-state index in [1.165, 1.54) is 19.9 Å². The number of esters is 2. The van der Waals surface area contributed by atoms with Crippen molar-refractivity contribution in [3.05, 3.63) is 59.8 Å². The van der Waals surface area contributed by atoms with Crippen LogP contribution in [0, 0.1) is 0 Å². The maximum absolute atomic E-state index is 12.0. The monoisotopic (exact) mass is 382 g/mol. The number of anilines is 1. The molecule has 1 amide bonds. The summed E-state index contributed by atoms with van der Waals surface area (Å²) in [6, 6.07) is 11.7. The number of benzene rings is 1. The lowest BCUT2D eigenvalue weighted by molar-refractivity contribution is -0.222. The SMILES string of the molecule is CC1(C)OC(=O)C(=Cc2ccc(OCC(=O)Nc3ccccn3)cc2)C(=O)O1. The summed E-state index contributed by atoms with van der Waals surface area (Å²) in [5.74, 6) is -2.22. The third kappa shape index (κ3) is 4.94. The molecule has 8 heteroatoms. The number of amides is 1. The van der Waals surface area contributed by atoms with Gasteiger partial charge in [-0.3, -0.25) is 4.79 Å². The molecule has 28 heavy (non-hydrogen) atoms. The van der Waals surface area contributed by atoms with E-state index < -0.39 is 17.7 Å². The first-order chi connectivity index (χ1) is 13.3. The number of nitrogens with one attached hydrogen (secondary N) is 1. The van der Waals surface area contributed by atoms with E-state index in [1.54, 1.807) is 48.7 Å². The average Bonchev–Trinajstić information content (AvgIpc) is 2.64. The van der Waals surface area contributed by atoms with Crippen LogP contribution in [0.2, 0.25) is 0 Å². The van der Waals surface area contributed by atoms with Gasteiger partial charge in [-0.25, -0.2) is 14.6 Å². The van der Waals surface area contributed by atoms with Crippen molar-refractivity contribution in [3.63, 3.8) is 0 Å². The molecule has 0 atom stereocenters. The first-order valence-corrected chi connectivity index (χ1v) is 8.44. The second-order valence-electron chi connectivity index (χ2n) is 6.36. The Hall–Kier alpha value is -3.68. The van der Waals surface area contributed by atoms with E-state index in [1.807, 2.05) is 0 Å². The largest absolute Gasteiger partial charge is 0.484 e. The van der Waals surface area contributed by atoms with Crippen LogP contribution in [0.15, 0.2) is 54.2 Å². The van der Waals surface area contributed by atoms with Crippen molar-refractivity contribution < 1.29 is 28.6 Å². The molecule has 144 valence electrons. The van der Waals surface area contributed by atoms with Crippen LogP contribution in [0.3, 0.4) is 0 Å². The predicted molar refractivity (Wildman–Crippen MR) is 99.0 cm³/mol. The fourth-order valence-corrected chi connectivity index (χ4v) is 2.37. The van der Waals surface area contributed by atoms with E-state index in [9.17, 15) is 14.4 Å². The Kier molecular flexibility index (Phi) is 5.39. The summed E-state index contributed by atoms with van der Waals surface area (Å²) < 4.78 is 15.5. The molecule has 2 aromatic rings. The second-order valence-corrected chi connectivity index (χ2v) is 6.36. The first kappa shape index (κ1) is 19.1. The second kappa shape index (κ2) is 7.91. The summed E-state index contributed by atoms with van der Waals surface area (Å²) in [4.78, 5) is 39.8. The molecule has 1 N–H and O–H groups in total. The van der Waals surface area contributed by atoms with E-state index >= 15 is 0 Å². The fraction of sp³-hybridized carbons (Fsp3) is 0.200. The van der Waals surface area contributed by atoms with E-state index in [0.717, 1.165) is 0 Å². The van der Waals surface area contributed by atoms with Gasteiger partial charge in [-0.1, -0.05) is 18.2 Å².